The predicted molar refractivity (Wildman–Crippen MR) is 282 cm³/mol. The van der Waals surface area contributed by atoms with Crippen LogP contribution in [0.3, 0.4) is 0 Å². The summed E-state index contributed by atoms with van der Waals surface area (Å²) in [7, 11) is 0. The molecule has 4 heteroatoms. The third-order valence-electron chi connectivity index (χ3n) is 11.1. The van der Waals surface area contributed by atoms with Crippen LogP contribution in [-0.2, 0) is 0 Å². The molecule has 3 N–H and O–H groups in total. The third kappa shape index (κ3) is 10.4. The summed E-state index contributed by atoms with van der Waals surface area (Å²) >= 11 is 1.79. The highest BCUT2D eigenvalue weighted by atomic mass is 32.1. The van der Waals surface area contributed by atoms with E-state index in [1.54, 1.807) is 11.3 Å². The number of thiophene rings is 1. The Morgan fingerprint density at radius 1 is 0.641 bits per heavy atom. The Labute approximate surface area is 381 Å². The SMILES string of the molecule is C=C(/C=C\C(=C/C)CN)c1cccc2oc3ccccc3c12.C\C=C/C=C\C=C(/C)c1ccccc1-c1ccc(-c2ccc3sc4cccc(C=N)c4c3c2)cc1.Cc1ccccc1. The number of hydrogen-bond acceptors (Lipinski definition) is 4. The lowest BCUT2D eigenvalue weighted by Crippen LogP contribution is -2.00. The van der Waals surface area contributed by atoms with Crippen molar-refractivity contribution in [2.75, 3.05) is 6.54 Å². The van der Waals surface area contributed by atoms with Gasteiger partial charge in [0, 0.05) is 49.3 Å². The molecule has 0 aliphatic heterocycles. The van der Waals surface area contributed by atoms with Crippen LogP contribution in [0.5, 0.6) is 0 Å². The zero-order valence-electron chi connectivity index (χ0n) is 37.0. The van der Waals surface area contributed by atoms with Crippen LogP contribution in [-0.4, -0.2) is 12.8 Å². The van der Waals surface area contributed by atoms with E-state index in [0.717, 1.165) is 44.2 Å². The van der Waals surface area contributed by atoms with Crippen molar-refractivity contribution in [3.8, 4) is 22.3 Å². The van der Waals surface area contributed by atoms with E-state index in [1.807, 2.05) is 105 Å². The number of nitrogens with two attached hydrogens (primary N) is 1. The Morgan fingerprint density at radius 3 is 2.06 bits per heavy atom. The average molecular weight is 851 g/mol. The van der Waals surface area contributed by atoms with Crippen molar-refractivity contribution in [3.63, 3.8) is 0 Å². The van der Waals surface area contributed by atoms with Crippen molar-refractivity contribution in [2.24, 2.45) is 5.73 Å². The largest absolute Gasteiger partial charge is 0.456 e. The normalized spacial score (nSPS) is 12.0. The highest BCUT2D eigenvalue weighted by molar-refractivity contribution is 7.25. The van der Waals surface area contributed by atoms with E-state index in [9.17, 15) is 0 Å². The highest BCUT2D eigenvalue weighted by Gasteiger charge is 2.13. The van der Waals surface area contributed by atoms with Crippen molar-refractivity contribution in [3.05, 3.63) is 241 Å². The lowest BCUT2D eigenvalue weighted by molar-refractivity contribution is 0.669. The molecule has 2 aromatic heterocycles. The number of allylic oxidation sites excluding steroid dienone is 9. The second kappa shape index (κ2) is 21.6. The maximum atomic E-state index is 7.84. The lowest BCUT2D eigenvalue weighted by atomic mass is 9.93. The van der Waals surface area contributed by atoms with E-state index in [2.05, 4.69) is 136 Å². The van der Waals surface area contributed by atoms with Gasteiger partial charge in [0.1, 0.15) is 11.2 Å². The molecule has 0 spiro atoms. The van der Waals surface area contributed by atoms with Gasteiger partial charge in [-0.25, -0.2) is 0 Å². The van der Waals surface area contributed by atoms with Crippen LogP contribution in [0.1, 0.15) is 43.0 Å². The average Bonchev–Trinajstić information content (AvgIpc) is 3.92. The lowest BCUT2D eigenvalue weighted by Gasteiger charge is -2.11. The minimum Gasteiger partial charge on any atom is -0.456 e. The molecule has 0 unspecified atom stereocenters. The molecule has 0 saturated heterocycles. The van der Waals surface area contributed by atoms with Gasteiger partial charge in [-0.1, -0.05) is 188 Å². The Kier molecular flexibility index (Phi) is 15.1. The smallest absolute Gasteiger partial charge is 0.136 e. The molecule has 0 bridgehead atoms. The standard InChI is InChI=1S/C33H27NS.C20H19NO.C7H8/c1-3-4-5-6-10-23(2)28-12-7-8-13-29(28)25-17-15-24(16-18-25)26-19-20-31-30(21-26)33-27(22-34)11-9-14-32(33)35-31;1-3-15(13-21)12-11-14(2)16-8-6-10-19-20(16)17-7-4-5-9-18(17)22-19;1-7-5-3-2-4-6-7/h3-22,34H,1-2H3;3-12H,2,13,21H2,1H3;2-6H,1H3/b4-3-,6-5-,23-10+,34-22?;12-11-,15-3+;. The maximum Gasteiger partial charge on any atom is 0.136 e. The van der Waals surface area contributed by atoms with E-state index in [0.29, 0.717) is 6.54 Å². The summed E-state index contributed by atoms with van der Waals surface area (Å²) in [5.74, 6) is 0. The summed E-state index contributed by atoms with van der Waals surface area (Å²) in [5, 5.41) is 12.5. The molecule has 316 valence electrons. The molecule has 7 aromatic carbocycles. The summed E-state index contributed by atoms with van der Waals surface area (Å²) in [6.45, 7) is 13.0. The number of rotatable bonds is 10. The molecule has 0 saturated carbocycles. The van der Waals surface area contributed by atoms with Gasteiger partial charge in [-0.3, -0.25) is 0 Å². The van der Waals surface area contributed by atoms with Crippen LogP contribution in [0.25, 0.3) is 75.5 Å². The molecule has 0 fully saturated rings. The summed E-state index contributed by atoms with van der Waals surface area (Å²) in [6, 6.07) is 54.7. The Morgan fingerprint density at radius 2 is 1.33 bits per heavy atom. The monoisotopic (exact) mass is 850 g/mol. The van der Waals surface area contributed by atoms with Crippen molar-refractivity contribution in [1.82, 2.24) is 0 Å². The Balaban J connectivity index is 0.000000178. The number of furan rings is 1. The summed E-state index contributed by atoms with van der Waals surface area (Å²) in [4.78, 5) is 0. The minimum absolute atomic E-state index is 0.527. The summed E-state index contributed by atoms with van der Waals surface area (Å²) in [6.07, 6.45) is 17.9. The number of nitrogens with one attached hydrogen (secondary N) is 1. The van der Waals surface area contributed by atoms with Crippen LogP contribution in [0.15, 0.2) is 223 Å². The van der Waals surface area contributed by atoms with Crippen molar-refractivity contribution in [1.29, 1.82) is 5.41 Å². The zero-order valence-corrected chi connectivity index (χ0v) is 37.8. The van der Waals surface area contributed by atoms with Gasteiger partial charge >= 0.3 is 0 Å². The van der Waals surface area contributed by atoms with Crippen molar-refractivity contribution < 1.29 is 4.42 Å². The van der Waals surface area contributed by atoms with Crippen molar-refractivity contribution in [2.45, 2.75) is 27.7 Å². The molecule has 9 aromatic rings. The molecule has 0 aliphatic rings. The predicted octanol–water partition coefficient (Wildman–Crippen LogP) is 17.0. The minimum atomic E-state index is 0.527. The van der Waals surface area contributed by atoms with E-state index in [1.165, 1.54) is 65.3 Å². The van der Waals surface area contributed by atoms with Gasteiger partial charge in [-0.05, 0) is 108 Å². The van der Waals surface area contributed by atoms with Gasteiger partial charge < -0.3 is 15.6 Å². The quantitative estimate of drug-likeness (QED) is 0.106. The van der Waals surface area contributed by atoms with E-state index in [4.69, 9.17) is 15.6 Å². The van der Waals surface area contributed by atoms with Crippen LogP contribution >= 0.6 is 11.3 Å². The second-order valence-electron chi connectivity index (χ2n) is 15.4. The number of benzene rings is 7. The molecule has 0 amide bonds. The van der Waals surface area contributed by atoms with Crippen LogP contribution in [0.4, 0.5) is 0 Å². The molecule has 3 nitrogen and oxygen atoms in total. The van der Waals surface area contributed by atoms with Gasteiger partial charge in [-0.15, -0.1) is 11.3 Å². The molecule has 0 atom stereocenters. The topological polar surface area (TPSA) is 63.0 Å². The third-order valence-corrected chi connectivity index (χ3v) is 12.3. The van der Waals surface area contributed by atoms with Crippen LogP contribution in [0, 0.1) is 12.3 Å². The molecule has 64 heavy (non-hydrogen) atoms. The van der Waals surface area contributed by atoms with E-state index < -0.39 is 0 Å². The fourth-order valence-corrected chi connectivity index (χ4v) is 8.82. The Hall–Kier alpha value is -7.37. The summed E-state index contributed by atoms with van der Waals surface area (Å²) in [5.41, 5.74) is 20.2. The summed E-state index contributed by atoms with van der Waals surface area (Å²) < 4.78 is 8.40. The first kappa shape index (κ1) is 44.7. The molecular formula is C60H54N2OS. The fourth-order valence-electron chi connectivity index (χ4n) is 7.70. The van der Waals surface area contributed by atoms with Gasteiger partial charge in [0.25, 0.3) is 0 Å². The van der Waals surface area contributed by atoms with Gasteiger partial charge in [0.2, 0.25) is 0 Å². The van der Waals surface area contributed by atoms with E-state index >= 15 is 0 Å². The van der Waals surface area contributed by atoms with Crippen LogP contribution in [0.2, 0.25) is 0 Å². The molecule has 0 aliphatic carbocycles. The van der Waals surface area contributed by atoms with Gasteiger partial charge in [0.15, 0.2) is 0 Å². The number of para-hydroxylation sites is 1. The molecule has 0 radical (unpaired) electrons. The second-order valence-corrected chi connectivity index (χ2v) is 16.5. The first-order valence-corrected chi connectivity index (χ1v) is 22.4. The highest BCUT2D eigenvalue weighted by Crippen LogP contribution is 2.39. The maximum absolute atomic E-state index is 7.84. The van der Waals surface area contributed by atoms with E-state index in [-0.39, 0.29) is 0 Å². The zero-order chi connectivity index (χ0) is 44.8. The first-order chi connectivity index (χ1) is 31.3. The molecule has 9 rings (SSSR count). The first-order valence-electron chi connectivity index (χ1n) is 21.6. The number of aryl methyl sites for hydroxylation is 1. The number of hydrogen-bond donors (Lipinski definition) is 2. The van der Waals surface area contributed by atoms with Gasteiger partial charge in [0.05, 0.1) is 0 Å². The molecular weight excluding hydrogens is 797 g/mol. The molecule has 2 heterocycles. The van der Waals surface area contributed by atoms with Crippen molar-refractivity contribution >= 4 is 70.8 Å². The number of fused-ring (bicyclic) bond motifs is 6. The van der Waals surface area contributed by atoms with Gasteiger partial charge in [-0.2, -0.15) is 0 Å². The van der Waals surface area contributed by atoms with Crippen LogP contribution < -0.4 is 5.73 Å². The fraction of sp³-hybridized carbons (Fsp3) is 0.0833. The Bertz CT molecular complexity index is 3210.